The normalized spacial score (nSPS) is 30.3. The summed E-state index contributed by atoms with van der Waals surface area (Å²) in [7, 11) is 0. The van der Waals surface area contributed by atoms with Crippen LogP contribution in [0, 0.1) is 5.92 Å². The Bertz CT molecular complexity index is 269. The largest absolute Gasteiger partial charge is 0.458 e. The molecule has 1 saturated heterocycles. The summed E-state index contributed by atoms with van der Waals surface area (Å²) in [5.41, 5.74) is 4.75. The van der Waals surface area contributed by atoms with Gasteiger partial charge in [0, 0.05) is 0 Å². The minimum atomic E-state index is -0.541. The van der Waals surface area contributed by atoms with Gasteiger partial charge in [-0.05, 0) is 25.7 Å². The fraction of sp³-hybridized carbons (Fsp3) is 0.800. The van der Waals surface area contributed by atoms with Crippen molar-refractivity contribution in [2.75, 3.05) is 0 Å². The highest BCUT2D eigenvalue weighted by molar-refractivity contribution is 5.86. The lowest BCUT2D eigenvalue weighted by atomic mass is 9.75. The zero-order chi connectivity index (χ0) is 10.2. The molecule has 2 N–H and O–H groups in total. The van der Waals surface area contributed by atoms with E-state index in [1.165, 1.54) is 0 Å². The fourth-order valence-corrected chi connectivity index (χ4v) is 2.65. The number of carbonyl (C=O) groups excluding carboxylic acids is 2. The Labute approximate surface area is 82.8 Å². The second kappa shape index (κ2) is 3.26. The summed E-state index contributed by atoms with van der Waals surface area (Å²) in [5, 5.41) is 0. The van der Waals surface area contributed by atoms with Crippen LogP contribution in [-0.4, -0.2) is 17.5 Å². The molecule has 0 bridgehead atoms. The van der Waals surface area contributed by atoms with Gasteiger partial charge in [-0.25, -0.2) is 0 Å². The summed E-state index contributed by atoms with van der Waals surface area (Å²) >= 11 is 0. The van der Waals surface area contributed by atoms with Crippen LogP contribution >= 0.6 is 0 Å². The van der Waals surface area contributed by atoms with Crippen molar-refractivity contribution < 1.29 is 14.3 Å². The standard InChI is InChI=1S/C10H15NO3/c11-9(13)7-6-8(12)14-10(7)4-2-1-3-5-10/h7H,1-6H2,(H2,11,13)/t7-/m0/s1. The van der Waals surface area contributed by atoms with Gasteiger partial charge >= 0.3 is 5.97 Å². The summed E-state index contributed by atoms with van der Waals surface area (Å²) in [6, 6.07) is 0. The first-order valence-electron chi connectivity index (χ1n) is 5.15. The predicted octanol–water partition coefficient (Wildman–Crippen LogP) is 0.738. The summed E-state index contributed by atoms with van der Waals surface area (Å²) in [6.07, 6.45) is 4.98. The molecule has 0 radical (unpaired) electrons. The Kier molecular flexibility index (Phi) is 2.21. The molecule has 1 aliphatic heterocycles. The van der Waals surface area contributed by atoms with Crippen LogP contribution in [0.5, 0.6) is 0 Å². The van der Waals surface area contributed by atoms with E-state index in [1.807, 2.05) is 0 Å². The third kappa shape index (κ3) is 1.38. The highest BCUT2D eigenvalue weighted by atomic mass is 16.6. The van der Waals surface area contributed by atoms with Crippen molar-refractivity contribution >= 4 is 11.9 Å². The monoisotopic (exact) mass is 197 g/mol. The van der Waals surface area contributed by atoms with Crippen molar-refractivity contribution in [1.82, 2.24) is 0 Å². The van der Waals surface area contributed by atoms with Gasteiger partial charge in [0.1, 0.15) is 5.60 Å². The Morgan fingerprint density at radius 3 is 2.57 bits per heavy atom. The SMILES string of the molecule is NC(=O)[C@@H]1CC(=O)OC12CCCCC2. The third-order valence-electron chi connectivity index (χ3n) is 3.37. The lowest BCUT2D eigenvalue weighted by Crippen LogP contribution is -2.43. The smallest absolute Gasteiger partial charge is 0.307 e. The van der Waals surface area contributed by atoms with Crippen LogP contribution in [-0.2, 0) is 14.3 Å². The van der Waals surface area contributed by atoms with Gasteiger partial charge in [0.25, 0.3) is 0 Å². The van der Waals surface area contributed by atoms with E-state index in [0.717, 1.165) is 32.1 Å². The third-order valence-corrected chi connectivity index (χ3v) is 3.37. The van der Waals surface area contributed by atoms with E-state index in [-0.39, 0.29) is 12.4 Å². The molecular formula is C10H15NO3. The molecule has 4 nitrogen and oxygen atoms in total. The summed E-state index contributed by atoms with van der Waals surface area (Å²) in [5.74, 6) is -1.05. The zero-order valence-electron chi connectivity index (χ0n) is 8.12. The molecule has 14 heavy (non-hydrogen) atoms. The van der Waals surface area contributed by atoms with E-state index in [2.05, 4.69) is 0 Å². The van der Waals surface area contributed by atoms with Gasteiger partial charge < -0.3 is 10.5 Å². The number of primary amides is 1. The number of esters is 1. The minimum Gasteiger partial charge on any atom is -0.458 e. The molecule has 1 amide bonds. The van der Waals surface area contributed by atoms with Crippen molar-refractivity contribution in [2.24, 2.45) is 11.7 Å². The van der Waals surface area contributed by atoms with Gasteiger partial charge in [-0.2, -0.15) is 0 Å². The number of nitrogens with two attached hydrogens (primary N) is 1. The van der Waals surface area contributed by atoms with E-state index in [0.29, 0.717) is 0 Å². The first kappa shape index (κ1) is 9.49. The Morgan fingerprint density at radius 1 is 1.36 bits per heavy atom. The molecule has 1 aliphatic carbocycles. The second-order valence-electron chi connectivity index (χ2n) is 4.26. The van der Waals surface area contributed by atoms with Gasteiger partial charge in [-0.3, -0.25) is 9.59 Å². The van der Waals surface area contributed by atoms with Gasteiger partial charge in [-0.1, -0.05) is 6.42 Å². The van der Waals surface area contributed by atoms with Crippen LogP contribution in [0.25, 0.3) is 0 Å². The quantitative estimate of drug-likeness (QED) is 0.630. The van der Waals surface area contributed by atoms with E-state index < -0.39 is 17.4 Å². The van der Waals surface area contributed by atoms with E-state index in [1.54, 1.807) is 0 Å². The minimum absolute atomic E-state index is 0.176. The van der Waals surface area contributed by atoms with Gasteiger partial charge in [0.15, 0.2) is 0 Å². The molecule has 2 fully saturated rings. The van der Waals surface area contributed by atoms with E-state index >= 15 is 0 Å². The number of amides is 1. The Balaban J connectivity index is 2.21. The fourth-order valence-electron chi connectivity index (χ4n) is 2.65. The van der Waals surface area contributed by atoms with Gasteiger partial charge in [0.05, 0.1) is 12.3 Å². The average molecular weight is 197 g/mol. The van der Waals surface area contributed by atoms with E-state index in [9.17, 15) is 9.59 Å². The molecule has 0 aromatic carbocycles. The molecule has 0 aromatic heterocycles. The van der Waals surface area contributed by atoms with Crippen molar-refractivity contribution in [3.05, 3.63) is 0 Å². The van der Waals surface area contributed by atoms with Crippen molar-refractivity contribution in [3.63, 3.8) is 0 Å². The lowest BCUT2D eigenvalue weighted by molar-refractivity contribution is -0.153. The maximum Gasteiger partial charge on any atom is 0.307 e. The summed E-state index contributed by atoms with van der Waals surface area (Å²) < 4.78 is 5.32. The molecule has 1 atom stereocenters. The predicted molar refractivity (Wildman–Crippen MR) is 49.2 cm³/mol. The van der Waals surface area contributed by atoms with Crippen LogP contribution in [0.4, 0.5) is 0 Å². The highest BCUT2D eigenvalue weighted by Gasteiger charge is 2.52. The molecule has 4 heteroatoms. The molecule has 78 valence electrons. The van der Waals surface area contributed by atoms with Crippen LogP contribution in [0.3, 0.4) is 0 Å². The highest BCUT2D eigenvalue weighted by Crippen LogP contribution is 2.43. The Hall–Kier alpha value is -1.06. The number of carbonyl (C=O) groups is 2. The maximum absolute atomic E-state index is 11.2. The topological polar surface area (TPSA) is 69.4 Å². The van der Waals surface area contributed by atoms with Crippen molar-refractivity contribution in [2.45, 2.75) is 44.1 Å². The van der Waals surface area contributed by atoms with Crippen molar-refractivity contribution in [1.29, 1.82) is 0 Å². The maximum atomic E-state index is 11.2. The molecule has 0 unspecified atom stereocenters. The molecule has 1 heterocycles. The molecule has 1 spiro atoms. The van der Waals surface area contributed by atoms with Crippen LogP contribution in [0.2, 0.25) is 0 Å². The van der Waals surface area contributed by atoms with E-state index in [4.69, 9.17) is 10.5 Å². The van der Waals surface area contributed by atoms with Crippen LogP contribution in [0.15, 0.2) is 0 Å². The number of hydrogen-bond acceptors (Lipinski definition) is 3. The molecule has 2 rings (SSSR count). The summed E-state index contributed by atoms with van der Waals surface area (Å²) in [4.78, 5) is 22.4. The zero-order valence-corrected chi connectivity index (χ0v) is 8.12. The van der Waals surface area contributed by atoms with Gasteiger partial charge in [-0.15, -0.1) is 0 Å². The van der Waals surface area contributed by atoms with Crippen LogP contribution in [0.1, 0.15) is 38.5 Å². The van der Waals surface area contributed by atoms with Crippen molar-refractivity contribution in [3.8, 4) is 0 Å². The first-order valence-corrected chi connectivity index (χ1v) is 5.15. The lowest BCUT2D eigenvalue weighted by Gasteiger charge is -2.35. The van der Waals surface area contributed by atoms with Crippen LogP contribution < -0.4 is 5.73 Å². The molecular weight excluding hydrogens is 182 g/mol. The molecule has 0 aromatic rings. The second-order valence-corrected chi connectivity index (χ2v) is 4.26. The first-order chi connectivity index (χ1) is 6.64. The number of hydrogen-bond donors (Lipinski definition) is 1. The number of rotatable bonds is 1. The molecule has 2 aliphatic rings. The molecule has 1 saturated carbocycles. The van der Waals surface area contributed by atoms with Gasteiger partial charge in [0.2, 0.25) is 5.91 Å². The Morgan fingerprint density at radius 2 is 2.00 bits per heavy atom. The average Bonchev–Trinajstić information content (AvgIpc) is 2.44. The number of ether oxygens (including phenoxy) is 1. The summed E-state index contributed by atoms with van der Waals surface area (Å²) in [6.45, 7) is 0.